The quantitative estimate of drug-likeness (QED) is 0.790. The van der Waals surface area contributed by atoms with E-state index in [1.165, 1.54) is 0 Å². The highest BCUT2D eigenvalue weighted by Crippen LogP contribution is 2.20. The summed E-state index contributed by atoms with van der Waals surface area (Å²) in [4.78, 5) is 11.9. The summed E-state index contributed by atoms with van der Waals surface area (Å²) in [5, 5.41) is 4.41. The number of fused-ring (bicyclic) bond motifs is 1. The van der Waals surface area contributed by atoms with Crippen molar-refractivity contribution in [3.8, 4) is 0 Å². The molecule has 20 heavy (non-hydrogen) atoms. The molecule has 1 aromatic heterocycles. The molecule has 0 unspecified atom stereocenters. The Balaban J connectivity index is 2.07. The van der Waals surface area contributed by atoms with Gasteiger partial charge in [-0.05, 0) is 18.9 Å². The summed E-state index contributed by atoms with van der Waals surface area (Å²) in [6.07, 6.45) is 1.98. The average molecular weight is 274 g/mol. The highest BCUT2D eigenvalue weighted by atomic mass is 16.5. The molecule has 2 aromatic rings. The molecule has 0 fully saturated rings. The Morgan fingerprint density at radius 2 is 2.05 bits per heavy atom. The van der Waals surface area contributed by atoms with Crippen LogP contribution in [0.5, 0.6) is 0 Å². The second-order valence-corrected chi connectivity index (χ2v) is 4.87. The third-order valence-corrected chi connectivity index (χ3v) is 3.28. The first-order valence-corrected chi connectivity index (χ1v) is 7.14. The molecule has 0 atom stereocenters. The van der Waals surface area contributed by atoms with Crippen molar-refractivity contribution in [1.29, 1.82) is 0 Å². The van der Waals surface area contributed by atoms with Crippen LogP contribution in [0.15, 0.2) is 35.1 Å². The first-order chi connectivity index (χ1) is 9.74. The van der Waals surface area contributed by atoms with Gasteiger partial charge in [0.1, 0.15) is 0 Å². The maximum absolute atomic E-state index is 11.9. The molecular weight excluding hydrogens is 252 g/mol. The van der Waals surface area contributed by atoms with Gasteiger partial charge in [-0.2, -0.15) is 0 Å². The van der Waals surface area contributed by atoms with E-state index in [1.807, 2.05) is 24.3 Å². The number of para-hydroxylation sites is 1. The van der Waals surface area contributed by atoms with Crippen LogP contribution in [-0.4, -0.2) is 24.3 Å². The van der Waals surface area contributed by atoms with E-state index < -0.39 is 0 Å². The second-order valence-electron chi connectivity index (χ2n) is 4.87. The number of rotatable bonds is 7. The first-order valence-electron chi connectivity index (χ1n) is 7.14. The number of aromatic nitrogens is 1. The molecule has 0 spiro atoms. The van der Waals surface area contributed by atoms with Crippen LogP contribution < -0.4 is 10.9 Å². The number of hydrogen-bond acceptors (Lipinski definition) is 3. The molecule has 1 aromatic carbocycles. The van der Waals surface area contributed by atoms with Crippen LogP contribution in [0.1, 0.15) is 19.8 Å². The molecule has 4 heteroatoms. The molecule has 1 heterocycles. The van der Waals surface area contributed by atoms with E-state index in [1.54, 1.807) is 17.7 Å². The van der Waals surface area contributed by atoms with Crippen LogP contribution in [0.2, 0.25) is 0 Å². The van der Waals surface area contributed by atoms with Crippen LogP contribution in [0, 0.1) is 0 Å². The van der Waals surface area contributed by atoms with Gasteiger partial charge < -0.3 is 14.6 Å². The summed E-state index contributed by atoms with van der Waals surface area (Å²) in [5.74, 6) is 0. The zero-order valence-corrected chi connectivity index (χ0v) is 12.2. The van der Waals surface area contributed by atoms with Gasteiger partial charge in [-0.15, -0.1) is 0 Å². The molecule has 0 aliphatic heterocycles. The predicted molar refractivity (Wildman–Crippen MR) is 83.4 cm³/mol. The van der Waals surface area contributed by atoms with Crippen LogP contribution in [-0.2, 0) is 11.8 Å². The van der Waals surface area contributed by atoms with Crippen molar-refractivity contribution in [2.45, 2.75) is 19.8 Å². The summed E-state index contributed by atoms with van der Waals surface area (Å²) in [5.41, 5.74) is 1.86. The Hall–Kier alpha value is -1.81. The minimum Gasteiger partial charge on any atom is -0.384 e. The van der Waals surface area contributed by atoms with E-state index in [4.69, 9.17) is 4.74 Å². The molecule has 0 saturated carbocycles. The summed E-state index contributed by atoms with van der Waals surface area (Å²) in [6.45, 7) is 4.48. The zero-order chi connectivity index (χ0) is 14.4. The standard InChI is InChI=1S/C16H22N2O2/c1-3-10-20-11-6-9-17-14-12-16(19)18(2)15-8-5-4-7-13(14)15/h4-5,7-8,12,17H,3,6,9-11H2,1-2H3. The van der Waals surface area contributed by atoms with Gasteiger partial charge in [0.25, 0.3) is 5.56 Å². The molecular formula is C16H22N2O2. The number of hydrogen-bond donors (Lipinski definition) is 1. The van der Waals surface area contributed by atoms with Gasteiger partial charge in [0.2, 0.25) is 0 Å². The molecule has 0 amide bonds. The molecule has 0 aliphatic carbocycles. The zero-order valence-electron chi connectivity index (χ0n) is 12.2. The number of ether oxygens (including phenoxy) is 1. The number of anilines is 1. The summed E-state index contributed by atoms with van der Waals surface area (Å²) >= 11 is 0. The lowest BCUT2D eigenvalue weighted by Crippen LogP contribution is -2.18. The van der Waals surface area contributed by atoms with E-state index in [0.29, 0.717) is 0 Å². The molecule has 4 nitrogen and oxygen atoms in total. The predicted octanol–water partition coefficient (Wildman–Crippen LogP) is 2.77. The summed E-state index contributed by atoms with van der Waals surface area (Å²) in [6, 6.07) is 9.60. The molecule has 0 bridgehead atoms. The van der Waals surface area contributed by atoms with Crippen molar-refractivity contribution in [2.75, 3.05) is 25.1 Å². The van der Waals surface area contributed by atoms with Crippen LogP contribution in [0.25, 0.3) is 10.9 Å². The minimum absolute atomic E-state index is 0.00781. The fraction of sp³-hybridized carbons (Fsp3) is 0.438. The van der Waals surface area contributed by atoms with E-state index in [2.05, 4.69) is 12.2 Å². The van der Waals surface area contributed by atoms with Gasteiger partial charge in [-0.3, -0.25) is 4.79 Å². The highest BCUT2D eigenvalue weighted by Gasteiger charge is 2.05. The van der Waals surface area contributed by atoms with Crippen molar-refractivity contribution < 1.29 is 4.74 Å². The number of aryl methyl sites for hydroxylation is 1. The maximum atomic E-state index is 11.9. The molecule has 108 valence electrons. The topological polar surface area (TPSA) is 43.3 Å². The van der Waals surface area contributed by atoms with Crippen molar-refractivity contribution in [3.05, 3.63) is 40.7 Å². The van der Waals surface area contributed by atoms with Gasteiger partial charge in [-0.1, -0.05) is 25.1 Å². The van der Waals surface area contributed by atoms with Gasteiger partial charge >= 0.3 is 0 Å². The molecule has 1 N–H and O–H groups in total. The number of pyridine rings is 1. The fourth-order valence-corrected chi connectivity index (χ4v) is 2.20. The van der Waals surface area contributed by atoms with Gasteiger partial charge in [0, 0.05) is 43.9 Å². The van der Waals surface area contributed by atoms with E-state index in [-0.39, 0.29) is 5.56 Å². The van der Waals surface area contributed by atoms with Crippen LogP contribution in [0.4, 0.5) is 5.69 Å². The lowest BCUT2D eigenvalue weighted by molar-refractivity contribution is 0.134. The normalized spacial score (nSPS) is 10.9. The Kier molecular flexibility index (Phi) is 5.18. The van der Waals surface area contributed by atoms with Crippen molar-refractivity contribution in [1.82, 2.24) is 4.57 Å². The monoisotopic (exact) mass is 274 g/mol. The SMILES string of the molecule is CCCOCCCNc1cc(=O)n(C)c2ccccc12. The van der Waals surface area contributed by atoms with E-state index in [0.717, 1.165) is 49.2 Å². The Morgan fingerprint density at radius 1 is 1.25 bits per heavy atom. The van der Waals surface area contributed by atoms with Gasteiger partial charge in [0.05, 0.1) is 5.52 Å². The van der Waals surface area contributed by atoms with E-state index >= 15 is 0 Å². The molecule has 0 saturated heterocycles. The number of nitrogens with one attached hydrogen (secondary N) is 1. The van der Waals surface area contributed by atoms with E-state index in [9.17, 15) is 4.79 Å². The average Bonchev–Trinajstić information content (AvgIpc) is 2.47. The molecule has 0 aliphatic rings. The molecule has 0 radical (unpaired) electrons. The lowest BCUT2D eigenvalue weighted by atomic mass is 10.2. The van der Waals surface area contributed by atoms with Gasteiger partial charge in [-0.25, -0.2) is 0 Å². The second kappa shape index (κ2) is 7.10. The molecule has 2 rings (SSSR count). The van der Waals surface area contributed by atoms with Crippen molar-refractivity contribution >= 4 is 16.6 Å². The highest BCUT2D eigenvalue weighted by molar-refractivity contribution is 5.91. The summed E-state index contributed by atoms with van der Waals surface area (Å²) in [7, 11) is 1.80. The van der Waals surface area contributed by atoms with Crippen molar-refractivity contribution in [2.24, 2.45) is 7.05 Å². The van der Waals surface area contributed by atoms with Gasteiger partial charge in [0.15, 0.2) is 0 Å². The maximum Gasteiger partial charge on any atom is 0.252 e. The largest absolute Gasteiger partial charge is 0.384 e. The minimum atomic E-state index is 0.00781. The number of benzene rings is 1. The smallest absolute Gasteiger partial charge is 0.252 e. The van der Waals surface area contributed by atoms with Crippen molar-refractivity contribution in [3.63, 3.8) is 0 Å². The summed E-state index contributed by atoms with van der Waals surface area (Å²) < 4.78 is 7.12. The fourth-order valence-electron chi connectivity index (χ4n) is 2.20. The Morgan fingerprint density at radius 3 is 2.85 bits per heavy atom. The Labute approximate surface area is 119 Å². The first kappa shape index (κ1) is 14.6. The lowest BCUT2D eigenvalue weighted by Gasteiger charge is -2.12. The van der Waals surface area contributed by atoms with Crippen LogP contribution in [0.3, 0.4) is 0 Å². The third-order valence-electron chi connectivity index (χ3n) is 3.28. The third kappa shape index (κ3) is 3.39. The Bertz CT molecular complexity index is 619. The number of nitrogens with zero attached hydrogens (tertiary/aromatic N) is 1. The van der Waals surface area contributed by atoms with Crippen LogP contribution >= 0.6 is 0 Å².